The standard InChI is InChI=1S/C12H16BrNO2/c1-3-12(16,8-14-9(2)15)10-4-6-11(13)7-5-10/h4-7,16H,3,8H2,1-2H3,(H,14,15). The molecule has 0 bridgehead atoms. The summed E-state index contributed by atoms with van der Waals surface area (Å²) in [4.78, 5) is 10.9. The van der Waals surface area contributed by atoms with E-state index in [2.05, 4.69) is 21.2 Å². The van der Waals surface area contributed by atoms with E-state index in [4.69, 9.17) is 0 Å². The molecular weight excluding hydrogens is 270 g/mol. The Morgan fingerprint density at radius 1 is 1.44 bits per heavy atom. The van der Waals surface area contributed by atoms with E-state index in [-0.39, 0.29) is 12.5 Å². The molecule has 0 spiro atoms. The van der Waals surface area contributed by atoms with Gasteiger partial charge in [-0.05, 0) is 24.1 Å². The van der Waals surface area contributed by atoms with Crippen LogP contribution in [0.2, 0.25) is 0 Å². The van der Waals surface area contributed by atoms with Gasteiger partial charge >= 0.3 is 0 Å². The highest BCUT2D eigenvalue weighted by Gasteiger charge is 2.27. The Morgan fingerprint density at radius 3 is 2.44 bits per heavy atom. The molecule has 1 aromatic rings. The van der Waals surface area contributed by atoms with Gasteiger partial charge in [0.05, 0.1) is 6.54 Å². The third-order valence-corrected chi connectivity index (χ3v) is 3.12. The Balaban J connectivity index is 2.86. The molecule has 0 heterocycles. The highest BCUT2D eigenvalue weighted by atomic mass is 79.9. The summed E-state index contributed by atoms with van der Waals surface area (Å²) >= 11 is 3.34. The minimum absolute atomic E-state index is 0.135. The van der Waals surface area contributed by atoms with Gasteiger partial charge in [0, 0.05) is 11.4 Å². The second-order valence-electron chi connectivity index (χ2n) is 3.80. The van der Waals surface area contributed by atoms with Crippen molar-refractivity contribution in [2.24, 2.45) is 0 Å². The second kappa shape index (κ2) is 5.46. The van der Waals surface area contributed by atoms with Crippen LogP contribution in [0.25, 0.3) is 0 Å². The number of aliphatic hydroxyl groups is 1. The lowest BCUT2D eigenvalue weighted by atomic mass is 9.91. The Labute approximate surface area is 104 Å². The summed E-state index contributed by atoms with van der Waals surface area (Å²) in [5.41, 5.74) is -0.182. The molecule has 0 saturated carbocycles. The SMILES string of the molecule is CCC(O)(CNC(C)=O)c1ccc(Br)cc1. The molecule has 0 aliphatic heterocycles. The number of rotatable bonds is 4. The Kier molecular flexibility index (Phi) is 4.50. The molecule has 0 radical (unpaired) electrons. The molecule has 4 heteroatoms. The molecule has 1 aromatic carbocycles. The molecule has 1 rings (SSSR count). The summed E-state index contributed by atoms with van der Waals surface area (Å²) in [6.07, 6.45) is 0.551. The molecule has 2 N–H and O–H groups in total. The summed E-state index contributed by atoms with van der Waals surface area (Å²) < 4.78 is 0.967. The maximum atomic E-state index is 10.9. The Morgan fingerprint density at radius 2 is 2.00 bits per heavy atom. The van der Waals surface area contributed by atoms with E-state index >= 15 is 0 Å². The van der Waals surface area contributed by atoms with Gasteiger partial charge in [0.15, 0.2) is 0 Å². The minimum atomic E-state index is -0.994. The first kappa shape index (κ1) is 13.2. The lowest BCUT2D eigenvalue weighted by Gasteiger charge is -2.27. The van der Waals surface area contributed by atoms with Crippen LogP contribution in [0.15, 0.2) is 28.7 Å². The summed E-state index contributed by atoms with van der Waals surface area (Å²) in [7, 11) is 0. The van der Waals surface area contributed by atoms with Crippen LogP contribution >= 0.6 is 15.9 Å². The molecule has 0 saturated heterocycles. The quantitative estimate of drug-likeness (QED) is 0.891. The molecule has 0 aromatic heterocycles. The number of carbonyl (C=O) groups excluding carboxylic acids is 1. The van der Waals surface area contributed by atoms with Crippen molar-refractivity contribution in [2.45, 2.75) is 25.9 Å². The van der Waals surface area contributed by atoms with Crippen LogP contribution in [0.4, 0.5) is 0 Å². The molecule has 1 unspecified atom stereocenters. The number of carbonyl (C=O) groups is 1. The zero-order chi connectivity index (χ0) is 12.2. The normalized spacial score (nSPS) is 14.2. The van der Waals surface area contributed by atoms with E-state index in [1.807, 2.05) is 31.2 Å². The second-order valence-corrected chi connectivity index (χ2v) is 4.72. The average molecular weight is 286 g/mol. The highest BCUT2D eigenvalue weighted by Crippen LogP contribution is 2.25. The Bertz CT molecular complexity index is 364. The molecule has 16 heavy (non-hydrogen) atoms. The molecule has 88 valence electrons. The van der Waals surface area contributed by atoms with Gasteiger partial charge in [-0.25, -0.2) is 0 Å². The maximum absolute atomic E-state index is 10.9. The predicted molar refractivity (Wildman–Crippen MR) is 67.0 cm³/mol. The van der Waals surface area contributed by atoms with Crippen molar-refractivity contribution in [3.05, 3.63) is 34.3 Å². The van der Waals surface area contributed by atoms with Gasteiger partial charge < -0.3 is 10.4 Å². The highest BCUT2D eigenvalue weighted by molar-refractivity contribution is 9.10. The van der Waals surface area contributed by atoms with Crippen LogP contribution in [0.5, 0.6) is 0 Å². The van der Waals surface area contributed by atoms with Crippen molar-refractivity contribution >= 4 is 21.8 Å². The summed E-state index contributed by atoms with van der Waals surface area (Å²) in [5.74, 6) is -0.135. The number of hydrogen-bond donors (Lipinski definition) is 2. The van der Waals surface area contributed by atoms with Crippen molar-refractivity contribution in [3.63, 3.8) is 0 Å². The predicted octanol–water partition coefficient (Wildman–Crippen LogP) is 2.18. The van der Waals surface area contributed by atoms with Gasteiger partial charge in [-0.15, -0.1) is 0 Å². The van der Waals surface area contributed by atoms with Crippen molar-refractivity contribution in [1.29, 1.82) is 0 Å². The van der Waals surface area contributed by atoms with Crippen LogP contribution < -0.4 is 5.32 Å². The van der Waals surface area contributed by atoms with Gasteiger partial charge in [-0.2, -0.15) is 0 Å². The van der Waals surface area contributed by atoms with Crippen LogP contribution in [-0.4, -0.2) is 17.6 Å². The molecule has 1 amide bonds. The largest absolute Gasteiger partial charge is 0.383 e. The molecule has 0 fully saturated rings. The van der Waals surface area contributed by atoms with Crippen molar-refractivity contribution in [1.82, 2.24) is 5.32 Å². The number of hydrogen-bond acceptors (Lipinski definition) is 2. The van der Waals surface area contributed by atoms with Gasteiger partial charge in [-0.1, -0.05) is 35.0 Å². The van der Waals surface area contributed by atoms with E-state index in [1.54, 1.807) is 0 Å². The van der Waals surface area contributed by atoms with Crippen LogP contribution in [-0.2, 0) is 10.4 Å². The molecule has 0 aliphatic rings. The first-order valence-electron chi connectivity index (χ1n) is 5.21. The number of benzene rings is 1. The molecular formula is C12H16BrNO2. The topological polar surface area (TPSA) is 49.3 Å². The number of halogens is 1. The fraction of sp³-hybridized carbons (Fsp3) is 0.417. The number of amides is 1. The zero-order valence-corrected chi connectivity index (χ0v) is 11.0. The molecule has 0 aliphatic carbocycles. The fourth-order valence-corrected chi connectivity index (χ4v) is 1.73. The lowest BCUT2D eigenvalue weighted by Crippen LogP contribution is -2.39. The zero-order valence-electron chi connectivity index (χ0n) is 9.46. The maximum Gasteiger partial charge on any atom is 0.216 e. The first-order valence-corrected chi connectivity index (χ1v) is 6.00. The smallest absolute Gasteiger partial charge is 0.216 e. The van der Waals surface area contributed by atoms with E-state index in [1.165, 1.54) is 6.92 Å². The van der Waals surface area contributed by atoms with E-state index in [9.17, 15) is 9.90 Å². The van der Waals surface area contributed by atoms with E-state index in [0.29, 0.717) is 6.42 Å². The molecule has 1 atom stereocenters. The van der Waals surface area contributed by atoms with Crippen LogP contribution in [0.1, 0.15) is 25.8 Å². The van der Waals surface area contributed by atoms with Gasteiger partial charge in [0.2, 0.25) is 5.91 Å². The number of nitrogens with one attached hydrogen (secondary N) is 1. The minimum Gasteiger partial charge on any atom is -0.383 e. The van der Waals surface area contributed by atoms with Crippen LogP contribution in [0.3, 0.4) is 0 Å². The van der Waals surface area contributed by atoms with Crippen molar-refractivity contribution < 1.29 is 9.90 Å². The summed E-state index contributed by atoms with van der Waals surface area (Å²) in [6, 6.07) is 7.47. The summed E-state index contributed by atoms with van der Waals surface area (Å²) in [5, 5.41) is 13.1. The Hall–Kier alpha value is -0.870. The van der Waals surface area contributed by atoms with E-state index in [0.717, 1.165) is 10.0 Å². The monoisotopic (exact) mass is 285 g/mol. The van der Waals surface area contributed by atoms with Gasteiger partial charge in [-0.3, -0.25) is 4.79 Å². The van der Waals surface area contributed by atoms with E-state index < -0.39 is 5.60 Å². The summed E-state index contributed by atoms with van der Waals surface area (Å²) in [6.45, 7) is 3.57. The first-order chi connectivity index (χ1) is 7.48. The van der Waals surface area contributed by atoms with Gasteiger partial charge in [0.1, 0.15) is 5.60 Å². The molecule has 3 nitrogen and oxygen atoms in total. The van der Waals surface area contributed by atoms with Crippen molar-refractivity contribution in [3.8, 4) is 0 Å². The third-order valence-electron chi connectivity index (χ3n) is 2.60. The average Bonchev–Trinajstić information content (AvgIpc) is 2.27. The van der Waals surface area contributed by atoms with Crippen LogP contribution in [0, 0.1) is 0 Å². The third kappa shape index (κ3) is 3.32. The van der Waals surface area contributed by atoms with Crippen molar-refractivity contribution in [2.75, 3.05) is 6.54 Å². The lowest BCUT2D eigenvalue weighted by molar-refractivity contribution is -0.120. The van der Waals surface area contributed by atoms with Gasteiger partial charge in [0.25, 0.3) is 0 Å². The fourth-order valence-electron chi connectivity index (χ4n) is 1.46.